The van der Waals surface area contributed by atoms with Crippen LogP contribution in [0.2, 0.25) is 0 Å². The Morgan fingerprint density at radius 2 is 1.71 bits per heavy atom. The fourth-order valence-electron chi connectivity index (χ4n) is 4.18. The van der Waals surface area contributed by atoms with Gasteiger partial charge in [0, 0.05) is 25.0 Å². The number of ether oxygens (including phenoxy) is 2. The Labute approximate surface area is 203 Å². The average Bonchev–Trinajstić information content (AvgIpc) is 2.81. The molecule has 0 aliphatic heterocycles. The van der Waals surface area contributed by atoms with Gasteiger partial charge in [-0.2, -0.15) is 0 Å². The normalized spacial score (nSPS) is 12.2. The Balaban J connectivity index is 1.76. The van der Waals surface area contributed by atoms with Gasteiger partial charge in [0.1, 0.15) is 12.4 Å². The molecule has 5 nitrogen and oxygen atoms in total. The highest BCUT2D eigenvalue weighted by Crippen LogP contribution is 2.25. The van der Waals surface area contributed by atoms with E-state index in [-0.39, 0.29) is 11.4 Å². The third-order valence-corrected chi connectivity index (χ3v) is 5.57. The fourth-order valence-corrected chi connectivity index (χ4v) is 4.18. The standard InChI is InChI=1S/C29H36N2O3/c1-29(2,21-31(3)4)20-30-18-23(17-22-13-15-25(16-14-22)28(32)33-5)19-34-27-12-8-10-24-9-6-7-11-26(24)27/h6-17,30H,18-21H2,1-5H3/b23-17-. The molecule has 0 amide bonds. The van der Waals surface area contributed by atoms with Crippen LogP contribution in [0.25, 0.3) is 16.8 Å². The molecule has 0 atom stereocenters. The number of esters is 1. The number of benzene rings is 3. The molecule has 3 aromatic rings. The van der Waals surface area contributed by atoms with E-state index in [0.29, 0.717) is 18.7 Å². The van der Waals surface area contributed by atoms with Gasteiger partial charge in [0.2, 0.25) is 0 Å². The van der Waals surface area contributed by atoms with E-state index in [4.69, 9.17) is 9.47 Å². The summed E-state index contributed by atoms with van der Waals surface area (Å²) in [5.74, 6) is 0.540. The number of nitrogens with zero attached hydrogens (tertiary/aromatic N) is 1. The van der Waals surface area contributed by atoms with Crippen LogP contribution in [0.5, 0.6) is 5.75 Å². The lowest BCUT2D eigenvalue weighted by Gasteiger charge is -2.28. The van der Waals surface area contributed by atoms with Gasteiger partial charge in [-0.15, -0.1) is 0 Å². The SMILES string of the molecule is COC(=O)c1ccc(/C=C(/CNCC(C)(C)CN(C)C)COc2cccc3ccccc23)cc1. The summed E-state index contributed by atoms with van der Waals surface area (Å²) in [6.45, 7) is 7.59. The van der Waals surface area contributed by atoms with Crippen molar-refractivity contribution in [1.82, 2.24) is 10.2 Å². The van der Waals surface area contributed by atoms with Gasteiger partial charge in [-0.3, -0.25) is 0 Å². The van der Waals surface area contributed by atoms with Gasteiger partial charge >= 0.3 is 5.97 Å². The minimum absolute atomic E-state index is 0.146. The van der Waals surface area contributed by atoms with Crippen molar-refractivity contribution in [3.05, 3.63) is 83.4 Å². The van der Waals surface area contributed by atoms with Crippen LogP contribution in [0.15, 0.2) is 72.3 Å². The monoisotopic (exact) mass is 460 g/mol. The zero-order chi connectivity index (χ0) is 24.6. The third-order valence-electron chi connectivity index (χ3n) is 5.57. The molecule has 3 aromatic carbocycles. The number of methoxy groups -OCH3 is 1. The van der Waals surface area contributed by atoms with E-state index in [2.05, 4.69) is 62.4 Å². The van der Waals surface area contributed by atoms with E-state index in [9.17, 15) is 4.79 Å². The van der Waals surface area contributed by atoms with Crippen LogP contribution in [-0.4, -0.2) is 58.3 Å². The molecular formula is C29H36N2O3. The summed E-state index contributed by atoms with van der Waals surface area (Å²) >= 11 is 0. The van der Waals surface area contributed by atoms with E-state index >= 15 is 0 Å². The zero-order valence-corrected chi connectivity index (χ0v) is 20.9. The van der Waals surface area contributed by atoms with E-state index in [1.54, 1.807) is 12.1 Å². The molecule has 34 heavy (non-hydrogen) atoms. The zero-order valence-electron chi connectivity index (χ0n) is 20.9. The van der Waals surface area contributed by atoms with Crippen LogP contribution in [0.3, 0.4) is 0 Å². The number of hydrogen-bond acceptors (Lipinski definition) is 5. The summed E-state index contributed by atoms with van der Waals surface area (Å²) in [6.07, 6.45) is 2.12. The van der Waals surface area contributed by atoms with Gasteiger partial charge in [-0.05, 0) is 54.2 Å². The molecule has 5 heteroatoms. The topological polar surface area (TPSA) is 50.8 Å². The fraction of sp³-hybridized carbons (Fsp3) is 0.345. The van der Waals surface area contributed by atoms with Crippen molar-refractivity contribution in [3.8, 4) is 5.75 Å². The Bertz CT molecular complexity index is 1110. The molecule has 1 N–H and O–H groups in total. The van der Waals surface area contributed by atoms with Crippen molar-refractivity contribution in [2.24, 2.45) is 5.41 Å². The van der Waals surface area contributed by atoms with Crippen molar-refractivity contribution in [3.63, 3.8) is 0 Å². The lowest BCUT2D eigenvalue weighted by atomic mass is 9.93. The van der Waals surface area contributed by atoms with Crippen LogP contribution >= 0.6 is 0 Å². The predicted octanol–water partition coefficient (Wildman–Crippen LogP) is 5.27. The summed E-state index contributed by atoms with van der Waals surface area (Å²) in [4.78, 5) is 14.0. The Hall–Kier alpha value is -3.15. The molecule has 0 aliphatic rings. The first kappa shape index (κ1) is 25.5. The quantitative estimate of drug-likeness (QED) is 0.395. The summed E-state index contributed by atoms with van der Waals surface area (Å²) in [5, 5.41) is 5.88. The van der Waals surface area contributed by atoms with Gasteiger partial charge in [-0.1, -0.05) is 68.5 Å². The average molecular weight is 461 g/mol. The molecule has 3 rings (SSSR count). The number of carbonyl (C=O) groups is 1. The van der Waals surface area contributed by atoms with Gasteiger partial charge < -0.3 is 19.7 Å². The van der Waals surface area contributed by atoms with Crippen molar-refractivity contribution in [1.29, 1.82) is 0 Å². The van der Waals surface area contributed by atoms with Crippen LogP contribution < -0.4 is 10.1 Å². The predicted molar refractivity (Wildman–Crippen MR) is 140 cm³/mol. The lowest BCUT2D eigenvalue weighted by Crippen LogP contribution is -2.38. The second-order valence-corrected chi connectivity index (χ2v) is 9.69. The van der Waals surface area contributed by atoms with Crippen molar-refractivity contribution < 1.29 is 14.3 Å². The largest absolute Gasteiger partial charge is 0.489 e. The minimum atomic E-state index is -0.333. The van der Waals surface area contributed by atoms with Gasteiger partial charge in [0.05, 0.1) is 12.7 Å². The second-order valence-electron chi connectivity index (χ2n) is 9.69. The molecule has 0 radical (unpaired) electrons. The Morgan fingerprint density at radius 1 is 1.00 bits per heavy atom. The number of carbonyl (C=O) groups excluding carboxylic acids is 1. The molecule has 0 aliphatic carbocycles. The maximum absolute atomic E-state index is 11.8. The molecule has 0 saturated heterocycles. The number of rotatable bonds is 11. The van der Waals surface area contributed by atoms with Gasteiger partial charge in [0.25, 0.3) is 0 Å². The highest BCUT2D eigenvalue weighted by Gasteiger charge is 2.18. The molecule has 0 heterocycles. The molecule has 0 spiro atoms. The van der Waals surface area contributed by atoms with E-state index in [0.717, 1.165) is 40.7 Å². The first-order valence-corrected chi connectivity index (χ1v) is 11.6. The highest BCUT2D eigenvalue weighted by molar-refractivity contribution is 5.89. The lowest BCUT2D eigenvalue weighted by molar-refractivity contribution is 0.0600. The first-order chi connectivity index (χ1) is 16.3. The van der Waals surface area contributed by atoms with Crippen molar-refractivity contribution in [2.45, 2.75) is 13.8 Å². The number of hydrogen-bond donors (Lipinski definition) is 1. The molecule has 0 saturated carbocycles. The summed E-state index contributed by atoms with van der Waals surface area (Å²) in [5.41, 5.74) is 2.82. The third kappa shape index (κ3) is 7.44. The van der Waals surface area contributed by atoms with Crippen LogP contribution in [0.4, 0.5) is 0 Å². The molecular weight excluding hydrogens is 424 g/mol. The van der Waals surface area contributed by atoms with E-state index in [1.807, 2.05) is 36.4 Å². The van der Waals surface area contributed by atoms with Gasteiger partial charge in [-0.25, -0.2) is 4.79 Å². The first-order valence-electron chi connectivity index (χ1n) is 11.6. The molecule has 0 bridgehead atoms. The van der Waals surface area contributed by atoms with Crippen LogP contribution in [0, 0.1) is 5.41 Å². The molecule has 180 valence electrons. The summed E-state index contributed by atoms with van der Waals surface area (Å²) < 4.78 is 11.1. The number of fused-ring (bicyclic) bond motifs is 1. The summed E-state index contributed by atoms with van der Waals surface area (Å²) in [7, 11) is 5.59. The molecule has 0 unspecified atom stereocenters. The minimum Gasteiger partial charge on any atom is -0.489 e. The smallest absolute Gasteiger partial charge is 0.337 e. The van der Waals surface area contributed by atoms with Crippen LogP contribution in [0.1, 0.15) is 29.8 Å². The van der Waals surface area contributed by atoms with Crippen LogP contribution in [-0.2, 0) is 4.74 Å². The number of nitrogens with one attached hydrogen (secondary N) is 1. The molecule has 0 aromatic heterocycles. The van der Waals surface area contributed by atoms with E-state index < -0.39 is 0 Å². The Morgan fingerprint density at radius 3 is 2.41 bits per heavy atom. The Kier molecular flexibility index (Phi) is 8.85. The second kappa shape index (κ2) is 11.8. The molecule has 0 fully saturated rings. The van der Waals surface area contributed by atoms with Crippen molar-refractivity contribution >= 4 is 22.8 Å². The highest BCUT2D eigenvalue weighted by atomic mass is 16.5. The maximum atomic E-state index is 11.8. The summed E-state index contributed by atoms with van der Waals surface area (Å²) in [6, 6.07) is 21.8. The van der Waals surface area contributed by atoms with Crippen molar-refractivity contribution in [2.75, 3.05) is 47.4 Å². The van der Waals surface area contributed by atoms with Gasteiger partial charge in [0.15, 0.2) is 0 Å². The maximum Gasteiger partial charge on any atom is 0.337 e. The van der Waals surface area contributed by atoms with E-state index in [1.165, 1.54) is 7.11 Å².